The number of para-hydroxylation sites is 1. The van der Waals surface area contributed by atoms with Crippen LogP contribution < -0.4 is 16.2 Å². The predicted octanol–water partition coefficient (Wildman–Crippen LogP) is 3.37. The van der Waals surface area contributed by atoms with Gasteiger partial charge >= 0.3 is 0 Å². The van der Waals surface area contributed by atoms with Crippen molar-refractivity contribution in [1.29, 1.82) is 0 Å². The number of nitrogen functional groups attached to an aromatic ring is 1. The number of nitrogens with two attached hydrogens (primary N) is 2. The highest BCUT2D eigenvalue weighted by Gasteiger charge is 2.31. The first-order valence-corrected chi connectivity index (χ1v) is 10.4. The van der Waals surface area contributed by atoms with E-state index in [1.807, 2.05) is 42.5 Å². The molecule has 0 saturated carbocycles. The number of likely N-dealkylation sites (tertiary alicyclic amines) is 1. The highest BCUT2D eigenvalue weighted by atomic mass is 16.5. The van der Waals surface area contributed by atoms with E-state index >= 15 is 0 Å². The Labute approximate surface area is 186 Å². The maximum atomic E-state index is 12.2. The summed E-state index contributed by atoms with van der Waals surface area (Å²) in [6, 6.07) is 16.5. The molecule has 1 aliphatic heterocycles. The van der Waals surface area contributed by atoms with Crippen LogP contribution in [0.3, 0.4) is 0 Å². The van der Waals surface area contributed by atoms with E-state index in [0.29, 0.717) is 36.5 Å². The molecule has 1 fully saturated rings. The van der Waals surface area contributed by atoms with Crippen LogP contribution in [0.25, 0.3) is 11.3 Å². The Morgan fingerprint density at radius 1 is 1.09 bits per heavy atom. The van der Waals surface area contributed by atoms with Crippen LogP contribution in [-0.4, -0.2) is 39.6 Å². The lowest BCUT2D eigenvalue weighted by atomic mass is 10.1. The minimum Gasteiger partial charge on any atom is -0.457 e. The van der Waals surface area contributed by atoms with Gasteiger partial charge in [-0.05, 0) is 55.8 Å². The van der Waals surface area contributed by atoms with Gasteiger partial charge in [0.15, 0.2) is 0 Å². The molecule has 8 nitrogen and oxygen atoms in total. The van der Waals surface area contributed by atoms with Gasteiger partial charge in [0, 0.05) is 18.7 Å². The molecular formula is C24H25N5O3. The van der Waals surface area contributed by atoms with Gasteiger partial charge in [-0.2, -0.15) is 5.10 Å². The average Bonchev–Trinajstić information content (AvgIpc) is 3.40. The number of aromatic nitrogens is 2. The maximum absolute atomic E-state index is 12.2. The lowest BCUT2D eigenvalue weighted by Gasteiger charge is -2.15. The zero-order valence-corrected chi connectivity index (χ0v) is 17.8. The van der Waals surface area contributed by atoms with Gasteiger partial charge in [-0.1, -0.05) is 24.3 Å². The number of carbonyl (C=O) groups is 2. The van der Waals surface area contributed by atoms with Gasteiger partial charge in [-0.25, -0.2) is 4.68 Å². The maximum Gasteiger partial charge on any atom is 0.254 e. The second-order valence-corrected chi connectivity index (χ2v) is 7.58. The van der Waals surface area contributed by atoms with Crippen molar-refractivity contribution in [1.82, 2.24) is 14.7 Å². The second-order valence-electron chi connectivity index (χ2n) is 7.58. The summed E-state index contributed by atoms with van der Waals surface area (Å²) in [5.74, 6) is 0.896. The molecule has 0 bridgehead atoms. The molecule has 0 aliphatic carbocycles. The molecule has 2 heterocycles. The SMILES string of the molecule is CC=CC(=O)N1CC[C@@H](n2nc(-c3ccc(Oc4ccccc4)cc3)c(C(N)=O)c2N)C1. The highest BCUT2D eigenvalue weighted by Crippen LogP contribution is 2.33. The van der Waals surface area contributed by atoms with Crippen molar-refractivity contribution in [2.75, 3.05) is 18.8 Å². The number of benzene rings is 2. The van der Waals surface area contributed by atoms with E-state index in [4.69, 9.17) is 16.2 Å². The zero-order valence-electron chi connectivity index (χ0n) is 17.8. The number of primary amides is 1. The van der Waals surface area contributed by atoms with Gasteiger partial charge in [0.1, 0.15) is 28.6 Å². The lowest BCUT2D eigenvalue weighted by Crippen LogP contribution is -2.27. The topological polar surface area (TPSA) is 116 Å². The molecular weight excluding hydrogens is 406 g/mol. The summed E-state index contributed by atoms with van der Waals surface area (Å²) >= 11 is 0. The largest absolute Gasteiger partial charge is 0.457 e. The number of anilines is 1. The summed E-state index contributed by atoms with van der Waals surface area (Å²) in [7, 11) is 0. The first-order valence-electron chi connectivity index (χ1n) is 10.4. The number of amides is 2. The van der Waals surface area contributed by atoms with Gasteiger partial charge in [-0.15, -0.1) is 0 Å². The number of hydrogen-bond donors (Lipinski definition) is 2. The third kappa shape index (κ3) is 4.20. The van der Waals surface area contributed by atoms with Crippen molar-refractivity contribution in [2.45, 2.75) is 19.4 Å². The second kappa shape index (κ2) is 8.97. The van der Waals surface area contributed by atoms with Gasteiger partial charge in [-0.3, -0.25) is 9.59 Å². The predicted molar refractivity (Wildman–Crippen MR) is 122 cm³/mol. The minimum absolute atomic E-state index is 0.0509. The first-order chi connectivity index (χ1) is 15.5. The molecule has 0 spiro atoms. The Bertz CT molecular complexity index is 1150. The lowest BCUT2D eigenvalue weighted by molar-refractivity contribution is -0.125. The molecule has 4 rings (SSSR count). The average molecular weight is 431 g/mol. The van der Waals surface area contributed by atoms with Gasteiger partial charge < -0.3 is 21.1 Å². The van der Waals surface area contributed by atoms with Crippen LogP contribution >= 0.6 is 0 Å². The number of ether oxygens (including phenoxy) is 1. The molecule has 8 heteroatoms. The van der Waals surface area contributed by atoms with E-state index in [2.05, 4.69) is 5.10 Å². The van der Waals surface area contributed by atoms with Crippen LogP contribution in [0.1, 0.15) is 29.7 Å². The third-order valence-electron chi connectivity index (χ3n) is 5.43. The van der Waals surface area contributed by atoms with Crippen molar-refractivity contribution in [3.8, 4) is 22.8 Å². The standard InChI is InChI=1S/C24H25N5O3/c1-2-6-20(30)28-14-13-17(15-28)29-23(25)21(24(26)31)22(27-29)16-9-11-19(12-10-16)32-18-7-4-3-5-8-18/h2-12,17H,13-15,25H2,1H3,(H2,26,31)/t17-/m1/s1. The molecule has 0 unspecified atom stereocenters. The highest BCUT2D eigenvalue weighted by molar-refractivity contribution is 6.03. The Hall–Kier alpha value is -4.07. The van der Waals surface area contributed by atoms with Gasteiger partial charge in [0.2, 0.25) is 5.91 Å². The molecule has 1 saturated heterocycles. The van der Waals surface area contributed by atoms with Crippen LogP contribution in [0.5, 0.6) is 11.5 Å². The van der Waals surface area contributed by atoms with E-state index in [9.17, 15) is 9.59 Å². The minimum atomic E-state index is -0.645. The van der Waals surface area contributed by atoms with Gasteiger partial charge in [0.25, 0.3) is 5.91 Å². The van der Waals surface area contributed by atoms with Gasteiger partial charge in [0.05, 0.1) is 6.04 Å². The van der Waals surface area contributed by atoms with Crippen LogP contribution in [0.2, 0.25) is 0 Å². The number of rotatable bonds is 6. The van der Waals surface area contributed by atoms with E-state index in [-0.39, 0.29) is 23.3 Å². The molecule has 2 amide bonds. The summed E-state index contributed by atoms with van der Waals surface area (Å²) in [6.07, 6.45) is 3.94. The summed E-state index contributed by atoms with van der Waals surface area (Å²) in [6.45, 7) is 2.87. The van der Waals surface area contributed by atoms with E-state index < -0.39 is 5.91 Å². The fourth-order valence-electron chi connectivity index (χ4n) is 3.87. The normalized spacial score (nSPS) is 15.9. The number of allylic oxidation sites excluding steroid dienone is 1. The first kappa shape index (κ1) is 21.2. The quantitative estimate of drug-likeness (QED) is 0.581. The Morgan fingerprint density at radius 3 is 2.44 bits per heavy atom. The van der Waals surface area contributed by atoms with E-state index in [1.54, 1.807) is 34.7 Å². The molecule has 4 N–H and O–H groups in total. The Kier molecular flexibility index (Phi) is 5.93. The van der Waals surface area contributed by atoms with Crippen molar-refractivity contribution in [3.05, 3.63) is 72.3 Å². The molecule has 1 atom stereocenters. The zero-order chi connectivity index (χ0) is 22.7. The molecule has 1 aliphatic rings. The number of nitrogens with zero attached hydrogens (tertiary/aromatic N) is 3. The van der Waals surface area contributed by atoms with Crippen molar-refractivity contribution in [3.63, 3.8) is 0 Å². The van der Waals surface area contributed by atoms with Crippen molar-refractivity contribution >= 4 is 17.6 Å². The molecule has 32 heavy (non-hydrogen) atoms. The Morgan fingerprint density at radius 2 is 1.78 bits per heavy atom. The van der Waals surface area contributed by atoms with Crippen molar-refractivity contribution in [2.24, 2.45) is 5.73 Å². The molecule has 164 valence electrons. The summed E-state index contributed by atoms with van der Waals surface area (Å²) in [5, 5.41) is 4.63. The Balaban J connectivity index is 1.61. The summed E-state index contributed by atoms with van der Waals surface area (Å²) in [4.78, 5) is 26.1. The fourth-order valence-corrected chi connectivity index (χ4v) is 3.87. The van der Waals surface area contributed by atoms with E-state index in [0.717, 1.165) is 5.75 Å². The van der Waals surface area contributed by atoms with Crippen LogP contribution in [0, 0.1) is 0 Å². The molecule has 2 aromatic carbocycles. The van der Waals surface area contributed by atoms with Crippen LogP contribution in [0.15, 0.2) is 66.7 Å². The third-order valence-corrected chi connectivity index (χ3v) is 5.43. The smallest absolute Gasteiger partial charge is 0.254 e. The number of hydrogen-bond acceptors (Lipinski definition) is 5. The molecule has 0 radical (unpaired) electrons. The summed E-state index contributed by atoms with van der Waals surface area (Å²) < 4.78 is 7.44. The van der Waals surface area contributed by atoms with Crippen molar-refractivity contribution < 1.29 is 14.3 Å². The molecule has 1 aromatic heterocycles. The molecule has 3 aromatic rings. The number of carbonyl (C=O) groups excluding carboxylic acids is 2. The summed E-state index contributed by atoms with van der Waals surface area (Å²) in [5.41, 5.74) is 13.2. The van der Waals surface area contributed by atoms with E-state index in [1.165, 1.54) is 6.08 Å². The van der Waals surface area contributed by atoms with Crippen LogP contribution in [-0.2, 0) is 4.79 Å². The van der Waals surface area contributed by atoms with Crippen LogP contribution in [0.4, 0.5) is 5.82 Å². The monoisotopic (exact) mass is 431 g/mol. The fraction of sp³-hybridized carbons (Fsp3) is 0.208.